The van der Waals surface area contributed by atoms with Gasteiger partial charge >= 0.3 is 0 Å². The van der Waals surface area contributed by atoms with Crippen molar-refractivity contribution in [3.05, 3.63) is 0 Å². The second-order valence-corrected chi connectivity index (χ2v) is 2.37. The molecule has 1 aliphatic heterocycles. The summed E-state index contributed by atoms with van der Waals surface area (Å²) >= 11 is 0. The molecule has 1 saturated heterocycles. The summed E-state index contributed by atoms with van der Waals surface area (Å²) in [6.07, 6.45) is 0. The maximum absolute atomic E-state index is 5.20. The summed E-state index contributed by atoms with van der Waals surface area (Å²) in [5.74, 6) is 1.11. The molecular weight excluding hydrogens is 152 g/mol. The van der Waals surface area contributed by atoms with Crippen molar-refractivity contribution in [1.29, 1.82) is 0 Å². The fraction of sp³-hybridized carbons (Fsp3) is 0.889. The molecule has 0 aromatic rings. The Hall–Kier alpha value is -0.570. The number of nitrogens with zero attached hydrogens (tertiary/aromatic N) is 2. The van der Waals surface area contributed by atoms with E-state index in [2.05, 4.69) is 9.89 Å². The van der Waals surface area contributed by atoms with Gasteiger partial charge in [-0.2, -0.15) is 0 Å². The molecule has 0 unspecified atom stereocenters. The molecule has 1 heterocycles. The number of morpholine rings is 1. The van der Waals surface area contributed by atoms with E-state index >= 15 is 0 Å². The van der Waals surface area contributed by atoms with E-state index in [-0.39, 0.29) is 0 Å². The van der Waals surface area contributed by atoms with E-state index in [1.54, 1.807) is 0 Å². The van der Waals surface area contributed by atoms with Gasteiger partial charge in [-0.05, 0) is 6.92 Å². The largest absolute Gasteiger partial charge is 0.378 e. The van der Waals surface area contributed by atoms with E-state index in [0.717, 1.165) is 32.1 Å². The average Bonchev–Trinajstić information content (AvgIpc) is 2.21. The molecule has 0 N–H and O–H groups in total. The number of hydrogen-bond acceptors (Lipinski definition) is 2. The summed E-state index contributed by atoms with van der Waals surface area (Å²) in [6, 6.07) is 0. The zero-order chi connectivity index (χ0) is 9.40. The Labute approximate surface area is 75.4 Å². The Balaban J connectivity index is 0.000000561. The zero-order valence-corrected chi connectivity index (χ0v) is 8.63. The van der Waals surface area contributed by atoms with E-state index in [0.29, 0.717) is 0 Å². The number of aliphatic imine (C=N–C) groups is 1. The van der Waals surface area contributed by atoms with Crippen molar-refractivity contribution in [2.24, 2.45) is 4.99 Å². The Morgan fingerprint density at radius 3 is 2.17 bits per heavy atom. The molecule has 0 amide bonds. The van der Waals surface area contributed by atoms with Gasteiger partial charge in [0.05, 0.1) is 19.0 Å². The lowest BCUT2D eigenvalue weighted by molar-refractivity contribution is 0.0678. The van der Waals surface area contributed by atoms with Crippen molar-refractivity contribution in [2.45, 2.75) is 20.8 Å². The summed E-state index contributed by atoms with van der Waals surface area (Å²) in [5.41, 5.74) is 0. The van der Waals surface area contributed by atoms with Gasteiger partial charge in [-0.15, -0.1) is 0 Å². The van der Waals surface area contributed by atoms with Gasteiger partial charge in [0.15, 0.2) is 0 Å². The number of ether oxygens (including phenoxy) is 1. The Kier molecular flexibility index (Phi) is 6.76. The van der Waals surface area contributed by atoms with Crippen molar-refractivity contribution in [3.8, 4) is 0 Å². The van der Waals surface area contributed by atoms with E-state index in [1.807, 2.05) is 27.8 Å². The molecule has 3 heteroatoms. The molecule has 0 saturated carbocycles. The quantitative estimate of drug-likeness (QED) is 0.407. The van der Waals surface area contributed by atoms with Gasteiger partial charge < -0.3 is 9.64 Å². The summed E-state index contributed by atoms with van der Waals surface area (Å²) in [6.45, 7) is 9.69. The van der Waals surface area contributed by atoms with Crippen LogP contribution in [-0.2, 0) is 4.74 Å². The molecule has 3 nitrogen and oxygen atoms in total. The van der Waals surface area contributed by atoms with Crippen LogP contribution in [-0.4, -0.2) is 44.1 Å². The average molecular weight is 172 g/mol. The molecule has 0 bridgehead atoms. The minimum Gasteiger partial charge on any atom is -0.378 e. The SMILES string of the molecule is CC.CN=C(C)N1CCOCC1. The van der Waals surface area contributed by atoms with Crippen LogP contribution in [0.15, 0.2) is 4.99 Å². The monoisotopic (exact) mass is 172 g/mol. The summed E-state index contributed by atoms with van der Waals surface area (Å²) in [7, 11) is 1.82. The van der Waals surface area contributed by atoms with Crippen LogP contribution >= 0.6 is 0 Å². The summed E-state index contributed by atoms with van der Waals surface area (Å²) in [4.78, 5) is 6.34. The third-order valence-electron chi connectivity index (χ3n) is 1.79. The first-order valence-electron chi connectivity index (χ1n) is 4.60. The molecule has 0 radical (unpaired) electrons. The summed E-state index contributed by atoms with van der Waals surface area (Å²) in [5, 5.41) is 0. The van der Waals surface area contributed by atoms with Gasteiger partial charge in [0.25, 0.3) is 0 Å². The fourth-order valence-electron chi connectivity index (χ4n) is 1.03. The van der Waals surface area contributed by atoms with Crippen molar-refractivity contribution in [1.82, 2.24) is 4.90 Å². The van der Waals surface area contributed by atoms with Crippen LogP contribution in [0.25, 0.3) is 0 Å². The van der Waals surface area contributed by atoms with Crippen LogP contribution < -0.4 is 0 Å². The lowest BCUT2D eigenvalue weighted by Crippen LogP contribution is -2.39. The Bertz CT molecular complexity index is 128. The van der Waals surface area contributed by atoms with E-state index < -0.39 is 0 Å². The van der Waals surface area contributed by atoms with Crippen LogP contribution in [0.5, 0.6) is 0 Å². The molecular formula is C9H20N2O. The molecule has 0 aliphatic carbocycles. The zero-order valence-electron chi connectivity index (χ0n) is 8.63. The predicted octanol–water partition coefficient (Wildman–Crippen LogP) is 1.39. The highest BCUT2D eigenvalue weighted by Crippen LogP contribution is 1.97. The lowest BCUT2D eigenvalue weighted by Gasteiger charge is -2.27. The standard InChI is InChI=1S/C7H14N2O.C2H6/c1-7(8-2)9-3-5-10-6-4-9;1-2/h3-6H2,1-2H3;1-2H3. The second kappa shape index (κ2) is 7.10. The highest BCUT2D eigenvalue weighted by molar-refractivity contribution is 5.79. The maximum atomic E-state index is 5.20. The highest BCUT2D eigenvalue weighted by atomic mass is 16.5. The van der Waals surface area contributed by atoms with Crippen molar-refractivity contribution in [3.63, 3.8) is 0 Å². The molecule has 0 atom stereocenters. The first kappa shape index (κ1) is 11.4. The Morgan fingerprint density at radius 2 is 1.75 bits per heavy atom. The smallest absolute Gasteiger partial charge is 0.0955 e. The van der Waals surface area contributed by atoms with Crippen LogP contribution in [0.3, 0.4) is 0 Å². The number of hydrogen-bond donors (Lipinski definition) is 0. The highest BCUT2D eigenvalue weighted by Gasteiger charge is 2.09. The lowest BCUT2D eigenvalue weighted by atomic mass is 10.4. The first-order chi connectivity index (χ1) is 5.84. The van der Waals surface area contributed by atoms with E-state index in [9.17, 15) is 0 Å². The maximum Gasteiger partial charge on any atom is 0.0955 e. The molecule has 1 rings (SSSR count). The van der Waals surface area contributed by atoms with Gasteiger partial charge in [0, 0.05) is 20.1 Å². The molecule has 1 fully saturated rings. The van der Waals surface area contributed by atoms with Crippen molar-refractivity contribution in [2.75, 3.05) is 33.4 Å². The molecule has 12 heavy (non-hydrogen) atoms. The Morgan fingerprint density at radius 1 is 1.25 bits per heavy atom. The molecule has 0 spiro atoms. The van der Waals surface area contributed by atoms with Crippen LogP contribution in [0.4, 0.5) is 0 Å². The van der Waals surface area contributed by atoms with Crippen LogP contribution in [0, 0.1) is 0 Å². The molecule has 0 aromatic heterocycles. The van der Waals surface area contributed by atoms with Gasteiger partial charge in [0.1, 0.15) is 0 Å². The van der Waals surface area contributed by atoms with Gasteiger partial charge in [-0.25, -0.2) is 0 Å². The topological polar surface area (TPSA) is 24.8 Å². The number of rotatable bonds is 0. The van der Waals surface area contributed by atoms with Crippen LogP contribution in [0.1, 0.15) is 20.8 Å². The molecule has 0 aromatic carbocycles. The van der Waals surface area contributed by atoms with Gasteiger partial charge in [-0.1, -0.05) is 13.8 Å². The fourth-order valence-corrected chi connectivity index (χ4v) is 1.03. The minimum atomic E-state index is 0.840. The third-order valence-corrected chi connectivity index (χ3v) is 1.79. The minimum absolute atomic E-state index is 0.840. The number of amidine groups is 1. The van der Waals surface area contributed by atoms with E-state index in [4.69, 9.17) is 4.74 Å². The van der Waals surface area contributed by atoms with E-state index in [1.165, 1.54) is 0 Å². The van der Waals surface area contributed by atoms with Crippen molar-refractivity contribution >= 4 is 5.84 Å². The molecule has 1 aliphatic rings. The third kappa shape index (κ3) is 3.72. The van der Waals surface area contributed by atoms with Crippen LogP contribution in [0.2, 0.25) is 0 Å². The summed E-state index contributed by atoms with van der Waals surface area (Å²) < 4.78 is 5.20. The van der Waals surface area contributed by atoms with Gasteiger partial charge in [-0.3, -0.25) is 4.99 Å². The first-order valence-corrected chi connectivity index (χ1v) is 4.60. The second-order valence-electron chi connectivity index (χ2n) is 2.37. The van der Waals surface area contributed by atoms with Gasteiger partial charge in [0.2, 0.25) is 0 Å². The van der Waals surface area contributed by atoms with Crippen molar-refractivity contribution < 1.29 is 4.74 Å². The molecule has 72 valence electrons. The predicted molar refractivity (Wildman–Crippen MR) is 52.8 cm³/mol. The normalized spacial score (nSPS) is 18.3.